The van der Waals surface area contributed by atoms with Crippen molar-refractivity contribution >= 4 is 27.5 Å². The zero-order valence-electron chi connectivity index (χ0n) is 10.9. The number of amides is 1. The molecule has 2 saturated carbocycles. The van der Waals surface area contributed by atoms with Gasteiger partial charge in [0.25, 0.3) is 0 Å². The number of nitrogens with one attached hydrogen (secondary N) is 1. The lowest BCUT2D eigenvalue weighted by Gasteiger charge is -2.25. The maximum absolute atomic E-state index is 12.0. The van der Waals surface area contributed by atoms with Gasteiger partial charge in [0.2, 0.25) is 5.91 Å². The van der Waals surface area contributed by atoms with Crippen LogP contribution < -0.4 is 5.43 Å². The molecule has 1 amide bonds. The van der Waals surface area contributed by atoms with Gasteiger partial charge < -0.3 is 0 Å². The maximum atomic E-state index is 12.0. The van der Waals surface area contributed by atoms with Gasteiger partial charge in [-0.3, -0.25) is 4.79 Å². The fourth-order valence-electron chi connectivity index (χ4n) is 2.87. The second kappa shape index (κ2) is 4.75. The molecule has 0 bridgehead atoms. The van der Waals surface area contributed by atoms with Crippen LogP contribution in [0.2, 0.25) is 0 Å². The molecule has 4 heteroatoms. The summed E-state index contributed by atoms with van der Waals surface area (Å²) in [6, 6.07) is 7.92. The van der Waals surface area contributed by atoms with Crippen molar-refractivity contribution in [2.45, 2.75) is 32.6 Å². The van der Waals surface area contributed by atoms with Crippen molar-refractivity contribution in [3.63, 3.8) is 0 Å². The third kappa shape index (κ3) is 2.46. The molecule has 0 aliphatic heterocycles. The Morgan fingerprint density at radius 1 is 1.37 bits per heavy atom. The molecule has 2 fully saturated rings. The van der Waals surface area contributed by atoms with Crippen molar-refractivity contribution in [2.75, 3.05) is 0 Å². The first kappa shape index (κ1) is 12.9. The van der Waals surface area contributed by atoms with Gasteiger partial charge >= 0.3 is 0 Å². The van der Waals surface area contributed by atoms with E-state index in [2.05, 4.69) is 26.5 Å². The molecule has 2 aliphatic rings. The largest absolute Gasteiger partial charge is 0.273 e. The monoisotopic (exact) mass is 320 g/mol. The number of halogens is 1. The van der Waals surface area contributed by atoms with E-state index < -0.39 is 0 Å². The van der Waals surface area contributed by atoms with Crippen LogP contribution in [0.25, 0.3) is 0 Å². The van der Waals surface area contributed by atoms with E-state index in [-0.39, 0.29) is 11.8 Å². The smallest absolute Gasteiger partial charge is 0.243 e. The van der Waals surface area contributed by atoms with Crippen molar-refractivity contribution in [2.24, 2.45) is 16.4 Å². The fourth-order valence-corrected chi connectivity index (χ4v) is 3.14. The predicted molar refractivity (Wildman–Crippen MR) is 78.9 cm³/mol. The Morgan fingerprint density at radius 3 is 2.58 bits per heavy atom. The summed E-state index contributed by atoms with van der Waals surface area (Å²) in [6.07, 6.45) is 4.79. The van der Waals surface area contributed by atoms with Gasteiger partial charge in [0.1, 0.15) is 0 Å². The SMILES string of the molecule is C/C(=N\NC(=O)C1CC12CCC2)c1ccc(Br)cc1. The summed E-state index contributed by atoms with van der Waals surface area (Å²) < 4.78 is 1.04. The van der Waals surface area contributed by atoms with Crippen LogP contribution >= 0.6 is 15.9 Å². The fraction of sp³-hybridized carbons (Fsp3) is 0.467. The minimum absolute atomic E-state index is 0.0937. The van der Waals surface area contributed by atoms with Gasteiger partial charge in [0.15, 0.2) is 0 Å². The van der Waals surface area contributed by atoms with Crippen LogP contribution in [0, 0.1) is 11.3 Å². The first-order valence-electron chi connectivity index (χ1n) is 6.71. The lowest BCUT2D eigenvalue weighted by atomic mass is 9.80. The lowest BCUT2D eigenvalue weighted by Crippen LogP contribution is -2.26. The number of hydrazone groups is 1. The highest BCUT2D eigenvalue weighted by molar-refractivity contribution is 9.10. The summed E-state index contributed by atoms with van der Waals surface area (Å²) in [7, 11) is 0. The molecule has 1 unspecified atom stereocenters. The van der Waals surface area contributed by atoms with Gasteiger partial charge in [-0.1, -0.05) is 34.5 Å². The Hall–Kier alpha value is -1.16. The number of hydrogen-bond donors (Lipinski definition) is 1. The number of carbonyl (C=O) groups is 1. The Morgan fingerprint density at radius 2 is 2.05 bits per heavy atom. The molecule has 1 atom stereocenters. The van der Waals surface area contributed by atoms with Crippen LogP contribution in [0.4, 0.5) is 0 Å². The molecule has 0 aromatic heterocycles. The Bertz CT molecular complexity index is 532. The summed E-state index contributed by atoms with van der Waals surface area (Å²) in [4.78, 5) is 12.0. The molecule has 0 heterocycles. The third-order valence-corrected chi connectivity index (χ3v) is 4.98. The molecule has 19 heavy (non-hydrogen) atoms. The molecule has 1 aromatic carbocycles. The van der Waals surface area contributed by atoms with Crippen molar-refractivity contribution in [3.05, 3.63) is 34.3 Å². The first-order chi connectivity index (χ1) is 9.11. The quantitative estimate of drug-likeness (QED) is 0.672. The summed E-state index contributed by atoms with van der Waals surface area (Å²) in [6.45, 7) is 1.91. The van der Waals surface area contributed by atoms with Crippen LogP contribution in [-0.2, 0) is 4.79 Å². The second-order valence-electron chi connectivity index (χ2n) is 5.65. The maximum Gasteiger partial charge on any atom is 0.243 e. The molecule has 3 rings (SSSR count). The Kier molecular flexibility index (Phi) is 3.21. The van der Waals surface area contributed by atoms with E-state index in [1.54, 1.807) is 0 Å². The number of carbonyl (C=O) groups excluding carboxylic acids is 1. The standard InChI is InChI=1S/C15H17BrN2O/c1-10(11-3-5-12(16)6-4-11)17-18-14(19)13-9-15(13)7-2-8-15/h3-6,13H,2,7-9H2,1H3,(H,18,19)/b17-10+. The Labute approximate surface area is 121 Å². The number of benzene rings is 1. The summed E-state index contributed by atoms with van der Waals surface area (Å²) in [5, 5.41) is 4.21. The average molecular weight is 321 g/mol. The van der Waals surface area contributed by atoms with Crippen LogP contribution in [0.15, 0.2) is 33.8 Å². The highest BCUT2D eigenvalue weighted by Crippen LogP contribution is 2.65. The van der Waals surface area contributed by atoms with Gasteiger partial charge in [0, 0.05) is 10.4 Å². The minimum atomic E-state index is 0.0937. The van der Waals surface area contributed by atoms with E-state index in [1.807, 2.05) is 31.2 Å². The predicted octanol–water partition coefficient (Wildman–Crippen LogP) is 3.48. The topological polar surface area (TPSA) is 41.5 Å². The first-order valence-corrected chi connectivity index (χ1v) is 7.50. The average Bonchev–Trinajstić information content (AvgIpc) is 3.12. The molecule has 100 valence electrons. The van der Waals surface area contributed by atoms with Crippen LogP contribution in [-0.4, -0.2) is 11.6 Å². The van der Waals surface area contributed by atoms with Gasteiger partial charge in [-0.2, -0.15) is 5.10 Å². The number of hydrogen-bond acceptors (Lipinski definition) is 2. The number of nitrogens with zero attached hydrogens (tertiary/aromatic N) is 1. The van der Waals surface area contributed by atoms with Crippen molar-refractivity contribution in [1.29, 1.82) is 0 Å². The molecule has 1 N–H and O–H groups in total. The molecule has 3 nitrogen and oxygen atoms in total. The van der Waals surface area contributed by atoms with E-state index in [1.165, 1.54) is 19.3 Å². The van der Waals surface area contributed by atoms with Gasteiger partial charge in [-0.25, -0.2) is 5.43 Å². The summed E-state index contributed by atoms with van der Waals surface area (Å²) >= 11 is 3.40. The Balaban J connectivity index is 1.60. The van der Waals surface area contributed by atoms with Crippen molar-refractivity contribution < 1.29 is 4.79 Å². The third-order valence-electron chi connectivity index (χ3n) is 4.45. The molecule has 1 aromatic rings. The normalized spacial score (nSPS) is 23.9. The molecule has 0 radical (unpaired) electrons. The van der Waals surface area contributed by atoms with Crippen LogP contribution in [0.1, 0.15) is 38.2 Å². The van der Waals surface area contributed by atoms with E-state index >= 15 is 0 Å². The zero-order chi connectivity index (χ0) is 13.5. The second-order valence-corrected chi connectivity index (χ2v) is 6.57. The van der Waals surface area contributed by atoms with Crippen molar-refractivity contribution in [3.8, 4) is 0 Å². The van der Waals surface area contributed by atoms with Gasteiger partial charge in [-0.15, -0.1) is 0 Å². The lowest BCUT2D eigenvalue weighted by molar-refractivity contribution is -0.123. The molecular formula is C15H17BrN2O. The van der Waals surface area contributed by atoms with Gasteiger partial charge in [-0.05, 0) is 49.3 Å². The highest BCUT2D eigenvalue weighted by Gasteiger charge is 2.60. The zero-order valence-corrected chi connectivity index (χ0v) is 12.5. The van der Waals surface area contributed by atoms with E-state index in [0.717, 1.165) is 22.2 Å². The van der Waals surface area contributed by atoms with Crippen LogP contribution in [0.5, 0.6) is 0 Å². The molecular weight excluding hydrogens is 304 g/mol. The van der Waals surface area contributed by atoms with Crippen molar-refractivity contribution in [1.82, 2.24) is 5.43 Å². The van der Waals surface area contributed by atoms with Crippen LogP contribution in [0.3, 0.4) is 0 Å². The number of rotatable bonds is 3. The van der Waals surface area contributed by atoms with Gasteiger partial charge in [0.05, 0.1) is 5.71 Å². The highest BCUT2D eigenvalue weighted by atomic mass is 79.9. The van der Waals surface area contributed by atoms with E-state index in [0.29, 0.717) is 5.41 Å². The summed E-state index contributed by atoms with van der Waals surface area (Å²) in [5.74, 6) is 0.305. The molecule has 2 aliphatic carbocycles. The van der Waals surface area contributed by atoms with E-state index in [9.17, 15) is 4.79 Å². The summed E-state index contributed by atoms with van der Waals surface area (Å²) in [5.41, 5.74) is 4.95. The minimum Gasteiger partial charge on any atom is -0.273 e. The molecule has 1 spiro atoms. The van der Waals surface area contributed by atoms with E-state index in [4.69, 9.17) is 0 Å². The molecule has 0 saturated heterocycles.